The number of piperazine rings is 1. The maximum Gasteiger partial charge on any atom is 0.262 e. The molecule has 4 heterocycles. The highest BCUT2D eigenvalue weighted by Crippen LogP contribution is 2.26. The highest BCUT2D eigenvalue weighted by Gasteiger charge is 2.22. The molecule has 1 N–H and O–H groups in total. The minimum atomic E-state index is -0.239. The van der Waals surface area contributed by atoms with E-state index in [0.29, 0.717) is 42.8 Å². The van der Waals surface area contributed by atoms with Crippen molar-refractivity contribution < 1.29 is 9.53 Å². The number of carbonyl (C=O) groups is 1. The molecule has 0 saturated carbocycles. The minimum absolute atomic E-state index is 0.0867. The maximum atomic E-state index is 12.9. The summed E-state index contributed by atoms with van der Waals surface area (Å²) < 4.78 is 7.26. The number of aromatic amines is 1. The van der Waals surface area contributed by atoms with Crippen LogP contribution in [0.3, 0.4) is 0 Å². The van der Waals surface area contributed by atoms with Crippen LogP contribution in [0.25, 0.3) is 16.7 Å². The monoisotopic (exact) mass is 484 g/mol. The molecule has 1 saturated heterocycles. The predicted molar refractivity (Wildman–Crippen MR) is 135 cm³/mol. The highest BCUT2D eigenvalue weighted by molar-refractivity contribution is 5.77. The van der Waals surface area contributed by atoms with Crippen LogP contribution in [0.15, 0.2) is 59.5 Å². The Kier molecular flexibility index (Phi) is 5.98. The molecule has 0 atom stereocenters. The normalized spacial score (nSPS) is 15.7. The molecule has 2 aliphatic rings. The molecule has 9 heteroatoms. The van der Waals surface area contributed by atoms with Gasteiger partial charge >= 0.3 is 0 Å². The van der Waals surface area contributed by atoms with E-state index in [0.717, 1.165) is 44.1 Å². The topological polar surface area (TPSA) is 96.3 Å². The van der Waals surface area contributed by atoms with Crippen molar-refractivity contribution in [3.63, 3.8) is 0 Å². The first-order valence-corrected chi connectivity index (χ1v) is 12.4. The van der Waals surface area contributed by atoms with Crippen molar-refractivity contribution in [1.82, 2.24) is 29.5 Å². The number of nitrogens with zero attached hydrogens (tertiary/aromatic N) is 5. The predicted octanol–water partition coefficient (Wildman–Crippen LogP) is 2.32. The number of amides is 1. The molecule has 1 amide bonds. The van der Waals surface area contributed by atoms with E-state index < -0.39 is 0 Å². The standard InChI is InChI=1S/C27H28N6O3/c34-25(32-13-11-31(12-14-32)18-19-6-7-23-20(16-19)10-15-36-23)9-8-24-29-26-22(27(35)30-24)17-28-33(26)21-4-2-1-3-5-21/h1-7,16-17H,8-15,18H2,(H,29,30,35). The average Bonchev–Trinajstić information content (AvgIpc) is 3.55. The van der Waals surface area contributed by atoms with Crippen molar-refractivity contribution in [1.29, 1.82) is 0 Å². The van der Waals surface area contributed by atoms with E-state index in [4.69, 9.17) is 4.74 Å². The van der Waals surface area contributed by atoms with Crippen molar-refractivity contribution in [3.05, 3.63) is 82.0 Å². The maximum absolute atomic E-state index is 12.9. The average molecular weight is 485 g/mol. The minimum Gasteiger partial charge on any atom is -0.493 e. The third-order valence-corrected chi connectivity index (χ3v) is 6.95. The Morgan fingerprint density at radius 1 is 1.06 bits per heavy atom. The van der Waals surface area contributed by atoms with Crippen molar-refractivity contribution in [2.24, 2.45) is 0 Å². The molecular formula is C27H28N6O3. The number of rotatable bonds is 6. The van der Waals surface area contributed by atoms with E-state index in [1.165, 1.54) is 17.3 Å². The molecule has 0 unspecified atom stereocenters. The van der Waals surface area contributed by atoms with Crippen molar-refractivity contribution >= 4 is 16.9 Å². The number of H-pyrrole nitrogens is 1. The van der Waals surface area contributed by atoms with Crippen LogP contribution in [-0.2, 0) is 24.2 Å². The molecule has 1 fully saturated rings. The van der Waals surface area contributed by atoms with Gasteiger partial charge in [0.05, 0.1) is 18.5 Å². The number of aryl methyl sites for hydroxylation is 1. The summed E-state index contributed by atoms with van der Waals surface area (Å²) in [4.78, 5) is 37.2. The molecule has 2 aromatic heterocycles. The lowest BCUT2D eigenvalue weighted by Gasteiger charge is -2.34. The van der Waals surface area contributed by atoms with Gasteiger partial charge in [-0.2, -0.15) is 5.10 Å². The summed E-state index contributed by atoms with van der Waals surface area (Å²) in [5, 5.41) is 4.77. The lowest BCUT2D eigenvalue weighted by Crippen LogP contribution is -2.48. The highest BCUT2D eigenvalue weighted by atomic mass is 16.5. The molecule has 2 aromatic carbocycles. The van der Waals surface area contributed by atoms with Crippen LogP contribution in [-0.4, -0.2) is 68.2 Å². The fourth-order valence-corrected chi connectivity index (χ4v) is 4.98. The Bertz CT molecular complexity index is 1450. The summed E-state index contributed by atoms with van der Waals surface area (Å²) in [5.41, 5.74) is 3.67. The Balaban J connectivity index is 1.06. The van der Waals surface area contributed by atoms with E-state index in [9.17, 15) is 9.59 Å². The van der Waals surface area contributed by atoms with Crippen LogP contribution in [0.2, 0.25) is 0 Å². The Morgan fingerprint density at radius 3 is 2.72 bits per heavy atom. The van der Waals surface area contributed by atoms with E-state index in [2.05, 4.69) is 38.2 Å². The lowest BCUT2D eigenvalue weighted by atomic mass is 10.1. The number of aromatic nitrogens is 4. The van der Waals surface area contributed by atoms with E-state index in [1.807, 2.05) is 35.2 Å². The molecule has 184 valence electrons. The van der Waals surface area contributed by atoms with Crippen molar-refractivity contribution in [2.75, 3.05) is 32.8 Å². The number of fused-ring (bicyclic) bond motifs is 2. The number of hydrogen-bond donors (Lipinski definition) is 1. The van der Waals surface area contributed by atoms with Gasteiger partial charge in [-0.1, -0.05) is 30.3 Å². The van der Waals surface area contributed by atoms with Gasteiger partial charge in [0.15, 0.2) is 5.65 Å². The summed E-state index contributed by atoms with van der Waals surface area (Å²) >= 11 is 0. The lowest BCUT2D eigenvalue weighted by molar-refractivity contribution is -0.133. The van der Waals surface area contributed by atoms with Crippen LogP contribution in [0, 0.1) is 0 Å². The largest absolute Gasteiger partial charge is 0.493 e. The van der Waals surface area contributed by atoms with Crippen LogP contribution >= 0.6 is 0 Å². The van der Waals surface area contributed by atoms with Gasteiger partial charge in [0.2, 0.25) is 5.91 Å². The van der Waals surface area contributed by atoms with Crippen molar-refractivity contribution in [3.8, 4) is 11.4 Å². The SMILES string of the molecule is O=C(CCc1nc2c(cnn2-c2ccccc2)c(=O)[nH]1)N1CCN(Cc2ccc3c(c2)CCO3)CC1. The smallest absolute Gasteiger partial charge is 0.262 e. The molecule has 36 heavy (non-hydrogen) atoms. The first-order chi connectivity index (χ1) is 17.6. The van der Waals surface area contributed by atoms with E-state index in [-0.39, 0.29) is 11.5 Å². The number of hydrogen-bond acceptors (Lipinski definition) is 6. The summed E-state index contributed by atoms with van der Waals surface area (Å²) in [6, 6.07) is 16.0. The van der Waals surface area contributed by atoms with Crippen molar-refractivity contribution in [2.45, 2.75) is 25.8 Å². The van der Waals surface area contributed by atoms with Crippen LogP contribution in [0.1, 0.15) is 23.4 Å². The third-order valence-electron chi connectivity index (χ3n) is 6.95. The number of benzene rings is 2. The van der Waals surface area contributed by atoms with Gasteiger partial charge in [-0.05, 0) is 29.3 Å². The Labute approximate surface area is 208 Å². The zero-order valence-corrected chi connectivity index (χ0v) is 20.0. The van der Waals surface area contributed by atoms with Gasteiger partial charge < -0.3 is 14.6 Å². The first-order valence-electron chi connectivity index (χ1n) is 12.4. The Hall–Kier alpha value is -3.98. The van der Waals surface area contributed by atoms with Gasteiger partial charge in [0, 0.05) is 52.0 Å². The van der Waals surface area contributed by atoms with E-state index in [1.54, 1.807) is 4.68 Å². The van der Waals surface area contributed by atoms with Gasteiger partial charge in [-0.3, -0.25) is 14.5 Å². The zero-order valence-electron chi connectivity index (χ0n) is 20.0. The van der Waals surface area contributed by atoms with Crippen LogP contribution < -0.4 is 10.3 Å². The number of para-hydroxylation sites is 1. The number of ether oxygens (including phenoxy) is 1. The molecule has 0 spiro atoms. The molecular weight excluding hydrogens is 456 g/mol. The van der Waals surface area contributed by atoms with Gasteiger partial charge in [-0.15, -0.1) is 0 Å². The quantitative estimate of drug-likeness (QED) is 0.451. The summed E-state index contributed by atoms with van der Waals surface area (Å²) in [6.07, 6.45) is 3.19. The second-order valence-electron chi connectivity index (χ2n) is 9.34. The van der Waals surface area contributed by atoms with E-state index >= 15 is 0 Å². The Morgan fingerprint density at radius 2 is 1.89 bits per heavy atom. The molecule has 0 bridgehead atoms. The van der Waals surface area contributed by atoms with Gasteiger partial charge in [0.1, 0.15) is 17.0 Å². The summed E-state index contributed by atoms with van der Waals surface area (Å²) in [7, 11) is 0. The molecule has 0 aliphatic carbocycles. The second kappa shape index (κ2) is 9.58. The van der Waals surface area contributed by atoms with Crippen LogP contribution in [0.4, 0.5) is 0 Å². The zero-order chi connectivity index (χ0) is 24.5. The molecule has 2 aliphatic heterocycles. The molecule has 4 aromatic rings. The number of carbonyl (C=O) groups excluding carboxylic acids is 1. The molecule has 6 rings (SSSR count). The first kappa shape index (κ1) is 22.5. The summed E-state index contributed by atoms with van der Waals surface area (Å²) in [5.74, 6) is 1.59. The fourth-order valence-electron chi connectivity index (χ4n) is 4.98. The summed E-state index contributed by atoms with van der Waals surface area (Å²) in [6.45, 7) is 4.75. The van der Waals surface area contributed by atoms with Crippen LogP contribution in [0.5, 0.6) is 5.75 Å². The molecule has 0 radical (unpaired) electrons. The molecule has 9 nitrogen and oxygen atoms in total. The second-order valence-corrected chi connectivity index (χ2v) is 9.34. The van der Waals surface area contributed by atoms with Gasteiger partial charge in [0.25, 0.3) is 5.56 Å². The third kappa shape index (κ3) is 4.49. The number of nitrogens with one attached hydrogen (secondary N) is 1. The fraction of sp³-hybridized carbons (Fsp3) is 0.333. The van der Waals surface area contributed by atoms with Gasteiger partial charge in [-0.25, -0.2) is 9.67 Å².